The van der Waals surface area contributed by atoms with Crippen LogP contribution in [-0.2, 0) is 14.3 Å². The molecule has 1 atom stereocenters. The Kier molecular flexibility index (Phi) is 31.7. The molecule has 0 rings (SSSR count). The van der Waals surface area contributed by atoms with Crippen LogP contribution >= 0.6 is 0 Å². The Morgan fingerprint density at radius 1 is 0.524 bits per heavy atom. The van der Waals surface area contributed by atoms with Gasteiger partial charge in [-0.1, -0.05) is 140 Å². The first-order valence-electron chi connectivity index (χ1n) is 17.6. The second-order valence-corrected chi connectivity index (χ2v) is 11.7. The fourth-order valence-corrected chi connectivity index (χ4v) is 4.92. The van der Waals surface area contributed by atoms with E-state index in [4.69, 9.17) is 9.84 Å². The van der Waals surface area contributed by atoms with Gasteiger partial charge in [0, 0.05) is 12.8 Å². The molecule has 1 N–H and O–H groups in total. The molecule has 0 aromatic rings. The molecule has 0 aromatic carbocycles. The third-order valence-electron chi connectivity index (χ3n) is 7.57. The van der Waals surface area contributed by atoms with Crippen molar-refractivity contribution in [3.8, 4) is 0 Å². The summed E-state index contributed by atoms with van der Waals surface area (Å²) < 4.78 is 5.69. The number of carbonyl (C=O) groups excluding carboxylic acids is 1. The van der Waals surface area contributed by atoms with E-state index >= 15 is 0 Å². The monoisotopic (exact) mass is 586 g/mol. The van der Waals surface area contributed by atoms with E-state index in [-0.39, 0.29) is 18.5 Å². The van der Waals surface area contributed by atoms with Crippen LogP contribution in [0.2, 0.25) is 0 Å². The fourth-order valence-electron chi connectivity index (χ4n) is 4.92. The van der Waals surface area contributed by atoms with Crippen LogP contribution in [0.5, 0.6) is 0 Å². The maximum absolute atomic E-state index is 12.4. The molecule has 0 aliphatic carbocycles. The molecule has 0 heterocycles. The summed E-state index contributed by atoms with van der Waals surface area (Å²) in [5.41, 5.74) is 0. The highest BCUT2D eigenvalue weighted by molar-refractivity contribution is 5.69. The van der Waals surface area contributed by atoms with Crippen LogP contribution in [0.25, 0.3) is 0 Å². The molecule has 0 saturated heterocycles. The second-order valence-electron chi connectivity index (χ2n) is 11.7. The van der Waals surface area contributed by atoms with E-state index in [0.717, 1.165) is 64.2 Å². The lowest BCUT2D eigenvalue weighted by atomic mass is 10.0. The highest BCUT2D eigenvalue weighted by Crippen LogP contribution is 2.17. The van der Waals surface area contributed by atoms with E-state index in [1.807, 2.05) is 0 Å². The first kappa shape index (κ1) is 39.9. The lowest BCUT2D eigenvalue weighted by Crippen LogP contribution is -2.19. The number of aliphatic carboxylic acids is 1. The lowest BCUT2D eigenvalue weighted by molar-refractivity contribution is -0.151. The summed E-state index contributed by atoms with van der Waals surface area (Å²) in [4.78, 5) is 23.4. The molecule has 4 heteroatoms. The number of allylic oxidation sites excluding steroid dienone is 8. The van der Waals surface area contributed by atoms with Gasteiger partial charge in [0.2, 0.25) is 0 Å². The predicted molar refractivity (Wildman–Crippen MR) is 181 cm³/mol. The van der Waals surface area contributed by atoms with E-state index in [2.05, 4.69) is 62.5 Å². The Hall–Kier alpha value is -2.10. The van der Waals surface area contributed by atoms with E-state index in [0.29, 0.717) is 12.8 Å². The number of unbranched alkanes of at least 4 members (excludes halogenated alkanes) is 15. The Balaban J connectivity index is 3.85. The van der Waals surface area contributed by atoms with E-state index in [1.54, 1.807) is 0 Å². The largest absolute Gasteiger partial charge is 0.481 e. The van der Waals surface area contributed by atoms with Crippen molar-refractivity contribution in [1.82, 2.24) is 0 Å². The Morgan fingerprint density at radius 2 is 0.952 bits per heavy atom. The number of carbonyl (C=O) groups is 2. The summed E-state index contributed by atoms with van der Waals surface area (Å²) in [6.07, 6.45) is 44.0. The van der Waals surface area contributed by atoms with Gasteiger partial charge in [0.25, 0.3) is 0 Å². The topological polar surface area (TPSA) is 63.6 Å². The highest BCUT2D eigenvalue weighted by atomic mass is 16.5. The average molecular weight is 587 g/mol. The van der Waals surface area contributed by atoms with Crippen LogP contribution < -0.4 is 0 Å². The third-order valence-corrected chi connectivity index (χ3v) is 7.57. The summed E-state index contributed by atoms with van der Waals surface area (Å²) in [6, 6.07) is 0. The zero-order valence-electron chi connectivity index (χ0n) is 27.5. The van der Waals surface area contributed by atoms with Crippen LogP contribution in [0.15, 0.2) is 48.6 Å². The molecule has 1 unspecified atom stereocenters. The van der Waals surface area contributed by atoms with Crippen LogP contribution in [-0.4, -0.2) is 23.1 Å². The SMILES string of the molecule is CCCCC/C=C\C/C=C\C/C=C\C/C=C\CCCCCC(=O)OC(CCCCCCCCCCCC)CCC(=O)O. The second kappa shape index (κ2) is 33.4. The molecule has 0 amide bonds. The van der Waals surface area contributed by atoms with Crippen LogP contribution in [0.3, 0.4) is 0 Å². The molecule has 0 spiro atoms. The van der Waals surface area contributed by atoms with Crippen molar-refractivity contribution in [3.63, 3.8) is 0 Å². The Morgan fingerprint density at radius 3 is 1.48 bits per heavy atom. The van der Waals surface area contributed by atoms with Gasteiger partial charge in [-0.15, -0.1) is 0 Å². The molecule has 0 radical (unpaired) electrons. The molecule has 0 aliphatic heterocycles. The van der Waals surface area contributed by atoms with Crippen LogP contribution in [0, 0.1) is 0 Å². The minimum atomic E-state index is -0.823. The van der Waals surface area contributed by atoms with Gasteiger partial charge in [-0.05, 0) is 70.6 Å². The van der Waals surface area contributed by atoms with Gasteiger partial charge in [0.05, 0.1) is 0 Å². The molecule has 0 fully saturated rings. The summed E-state index contributed by atoms with van der Waals surface area (Å²) in [6.45, 7) is 4.49. The molecular formula is C38H66O4. The zero-order chi connectivity index (χ0) is 30.8. The number of esters is 1. The molecule has 0 aliphatic rings. The van der Waals surface area contributed by atoms with Crippen molar-refractivity contribution >= 4 is 11.9 Å². The number of carboxylic acids is 1. The van der Waals surface area contributed by atoms with Gasteiger partial charge in [-0.2, -0.15) is 0 Å². The average Bonchev–Trinajstić information content (AvgIpc) is 2.97. The number of rotatable bonds is 31. The first-order chi connectivity index (χ1) is 20.6. The van der Waals surface area contributed by atoms with E-state index in [1.165, 1.54) is 77.0 Å². The van der Waals surface area contributed by atoms with Crippen molar-refractivity contribution in [1.29, 1.82) is 0 Å². The van der Waals surface area contributed by atoms with Gasteiger partial charge in [-0.3, -0.25) is 9.59 Å². The summed E-state index contributed by atoms with van der Waals surface area (Å²) >= 11 is 0. The van der Waals surface area contributed by atoms with E-state index < -0.39 is 5.97 Å². The van der Waals surface area contributed by atoms with Gasteiger partial charge >= 0.3 is 11.9 Å². The van der Waals surface area contributed by atoms with Gasteiger partial charge in [-0.25, -0.2) is 0 Å². The number of ether oxygens (including phenoxy) is 1. The third kappa shape index (κ3) is 32.4. The normalized spacial score (nSPS) is 12.8. The maximum Gasteiger partial charge on any atom is 0.306 e. The summed E-state index contributed by atoms with van der Waals surface area (Å²) in [7, 11) is 0. The van der Waals surface area contributed by atoms with Crippen molar-refractivity contribution in [2.75, 3.05) is 0 Å². The zero-order valence-corrected chi connectivity index (χ0v) is 27.5. The predicted octanol–water partition coefficient (Wildman–Crippen LogP) is 12.0. The molecule has 242 valence electrons. The summed E-state index contributed by atoms with van der Waals surface area (Å²) in [5.74, 6) is -0.994. The van der Waals surface area contributed by atoms with Gasteiger partial charge in [0.15, 0.2) is 0 Å². The minimum Gasteiger partial charge on any atom is -0.481 e. The van der Waals surface area contributed by atoms with Gasteiger partial charge in [0.1, 0.15) is 6.10 Å². The van der Waals surface area contributed by atoms with Crippen molar-refractivity contribution in [3.05, 3.63) is 48.6 Å². The number of hydrogen-bond acceptors (Lipinski definition) is 3. The van der Waals surface area contributed by atoms with Crippen LogP contribution in [0.4, 0.5) is 0 Å². The molecule has 0 saturated carbocycles. The fraction of sp³-hybridized carbons (Fsp3) is 0.737. The molecule has 42 heavy (non-hydrogen) atoms. The smallest absolute Gasteiger partial charge is 0.306 e. The molecule has 0 aromatic heterocycles. The van der Waals surface area contributed by atoms with Crippen molar-refractivity contribution in [2.45, 2.75) is 180 Å². The summed E-state index contributed by atoms with van der Waals surface area (Å²) in [5, 5.41) is 9.07. The quantitative estimate of drug-likeness (QED) is 0.0498. The van der Waals surface area contributed by atoms with Crippen LogP contribution in [0.1, 0.15) is 174 Å². The maximum atomic E-state index is 12.4. The number of hydrogen-bond donors (Lipinski definition) is 1. The Labute approximate surface area is 260 Å². The molecular weight excluding hydrogens is 520 g/mol. The lowest BCUT2D eigenvalue weighted by Gasteiger charge is -2.17. The van der Waals surface area contributed by atoms with Crippen molar-refractivity contribution < 1.29 is 19.4 Å². The standard InChI is InChI=1S/C38H66O4/c1-3-5-7-9-11-13-15-16-17-18-19-20-21-22-23-25-27-29-31-33-38(41)42-36(34-35-37(39)40)32-30-28-26-24-14-12-10-8-6-4-2/h11,13,16-17,19-20,22-23,36H,3-10,12,14-15,18,21,24-35H2,1-2H3,(H,39,40)/b13-11-,17-16-,20-19-,23-22-. The highest BCUT2D eigenvalue weighted by Gasteiger charge is 2.15. The Bertz CT molecular complexity index is 719. The first-order valence-corrected chi connectivity index (χ1v) is 17.6. The number of carboxylic acid groups (broad SMARTS) is 1. The van der Waals surface area contributed by atoms with Gasteiger partial charge < -0.3 is 9.84 Å². The van der Waals surface area contributed by atoms with Crippen molar-refractivity contribution in [2.24, 2.45) is 0 Å². The molecule has 0 bridgehead atoms. The molecule has 4 nitrogen and oxygen atoms in total. The minimum absolute atomic E-state index is 0.0603. The van der Waals surface area contributed by atoms with E-state index in [9.17, 15) is 9.59 Å².